The number of nitrogens with zero attached hydrogens (tertiary/aromatic N) is 2. The molecule has 2 aliphatic rings. The second-order valence-corrected chi connectivity index (χ2v) is 8.23. The molecule has 5 rings (SSSR count). The summed E-state index contributed by atoms with van der Waals surface area (Å²) in [6.45, 7) is 7.89. The Kier molecular flexibility index (Phi) is 3.73. The molecule has 0 radical (unpaired) electrons. The van der Waals surface area contributed by atoms with Crippen LogP contribution in [0.1, 0.15) is 41.6 Å². The molecule has 0 amide bonds. The number of hydrogen-bond acceptors (Lipinski definition) is 1. The van der Waals surface area contributed by atoms with Crippen LogP contribution < -0.4 is 0 Å². The quantitative estimate of drug-likeness (QED) is 0.549. The van der Waals surface area contributed by atoms with Gasteiger partial charge < -0.3 is 4.57 Å². The molecule has 26 heavy (non-hydrogen) atoms. The molecule has 1 saturated heterocycles. The predicted octanol–water partition coefficient (Wildman–Crippen LogP) is 5.92. The lowest BCUT2D eigenvalue weighted by atomic mass is 9.93. The molecule has 132 valence electrons. The molecule has 0 N–H and O–H groups in total. The van der Waals surface area contributed by atoms with Gasteiger partial charge in [0.2, 0.25) is 0 Å². The highest BCUT2D eigenvalue weighted by atomic mass is 35.5. The Morgan fingerprint density at radius 3 is 2.77 bits per heavy atom. The van der Waals surface area contributed by atoms with Crippen molar-refractivity contribution >= 4 is 34.3 Å². The highest BCUT2D eigenvalue weighted by molar-refractivity contribution is 6.30. The van der Waals surface area contributed by atoms with Gasteiger partial charge >= 0.3 is 0 Å². The Morgan fingerprint density at radius 2 is 1.96 bits per heavy atom. The number of benzene rings is 2. The fraction of sp³-hybridized carbons (Fsp3) is 0.304. The van der Waals surface area contributed by atoms with E-state index in [0.717, 1.165) is 11.6 Å². The van der Waals surface area contributed by atoms with Crippen LogP contribution >= 0.6 is 11.6 Å². The standard InChI is InChI=1S/C23H23ClN2/c1-15-3-8-21-20(11-15)23-18-9-10-25(13-18)14-22(23)26(21)12-16(2)17-4-6-19(24)7-5-17/h3-8,11-12,18H,9-10,13-14H2,1-2H3. The number of hydrogen-bond donors (Lipinski definition) is 0. The van der Waals surface area contributed by atoms with E-state index in [-0.39, 0.29) is 0 Å². The zero-order chi connectivity index (χ0) is 17.8. The molecule has 0 saturated carbocycles. The van der Waals surface area contributed by atoms with Crippen molar-refractivity contribution in [2.45, 2.75) is 32.7 Å². The third-order valence-corrected chi connectivity index (χ3v) is 6.23. The van der Waals surface area contributed by atoms with Gasteiger partial charge in [-0.25, -0.2) is 0 Å². The molecule has 3 heterocycles. The monoisotopic (exact) mass is 362 g/mol. The van der Waals surface area contributed by atoms with Crippen molar-refractivity contribution < 1.29 is 0 Å². The van der Waals surface area contributed by atoms with Crippen LogP contribution in [0.2, 0.25) is 5.02 Å². The topological polar surface area (TPSA) is 8.17 Å². The summed E-state index contributed by atoms with van der Waals surface area (Å²) in [5, 5.41) is 2.23. The van der Waals surface area contributed by atoms with E-state index in [2.05, 4.69) is 59.8 Å². The summed E-state index contributed by atoms with van der Waals surface area (Å²) in [5.74, 6) is 0.688. The first kappa shape index (κ1) is 16.2. The highest BCUT2D eigenvalue weighted by Crippen LogP contribution is 2.42. The summed E-state index contributed by atoms with van der Waals surface area (Å²) >= 11 is 6.06. The van der Waals surface area contributed by atoms with Gasteiger partial charge in [0.05, 0.1) is 5.52 Å². The number of rotatable bonds is 2. The Morgan fingerprint density at radius 1 is 1.15 bits per heavy atom. The summed E-state index contributed by atoms with van der Waals surface area (Å²) in [7, 11) is 0. The van der Waals surface area contributed by atoms with Gasteiger partial charge in [-0.1, -0.05) is 35.4 Å². The molecule has 1 aromatic heterocycles. The summed E-state index contributed by atoms with van der Waals surface area (Å²) in [4.78, 5) is 2.60. The van der Waals surface area contributed by atoms with Gasteiger partial charge in [-0.15, -0.1) is 0 Å². The van der Waals surface area contributed by atoms with Gasteiger partial charge in [0.1, 0.15) is 0 Å². The number of halogens is 1. The first-order chi connectivity index (χ1) is 12.6. The minimum atomic E-state index is 0.688. The minimum Gasteiger partial charge on any atom is -0.318 e. The van der Waals surface area contributed by atoms with E-state index >= 15 is 0 Å². The van der Waals surface area contributed by atoms with E-state index in [1.807, 2.05) is 12.1 Å². The lowest BCUT2D eigenvalue weighted by Crippen LogP contribution is -2.25. The van der Waals surface area contributed by atoms with Gasteiger partial charge in [0, 0.05) is 41.3 Å². The molecule has 2 nitrogen and oxygen atoms in total. The van der Waals surface area contributed by atoms with Gasteiger partial charge in [0.25, 0.3) is 0 Å². The third kappa shape index (κ3) is 2.52. The first-order valence-electron chi connectivity index (χ1n) is 9.40. The molecule has 2 atom stereocenters. The van der Waals surface area contributed by atoms with Gasteiger partial charge in [-0.05, 0) is 67.8 Å². The van der Waals surface area contributed by atoms with Crippen molar-refractivity contribution in [3.63, 3.8) is 0 Å². The Balaban J connectivity index is 1.72. The average molecular weight is 363 g/mol. The summed E-state index contributed by atoms with van der Waals surface area (Å²) in [6.07, 6.45) is 3.60. The van der Waals surface area contributed by atoms with Crippen molar-refractivity contribution in [3.8, 4) is 0 Å². The van der Waals surface area contributed by atoms with Crippen LogP contribution in [0.15, 0.2) is 42.5 Å². The summed E-state index contributed by atoms with van der Waals surface area (Å²) in [5.41, 5.74) is 8.23. The maximum atomic E-state index is 6.06. The van der Waals surface area contributed by atoms with Crippen molar-refractivity contribution in [1.82, 2.24) is 9.47 Å². The molecule has 2 unspecified atom stereocenters. The summed E-state index contributed by atoms with van der Waals surface area (Å²) < 4.78 is 2.44. The van der Waals surface area contributed by atoms with Crippen molar-refractivity contribution in [2.24, 2.45) is 0 Å². The summed E-state index contributed by atoms with van der Waals surface area (Å²) in [6, 6.07) is 15.0. The molecule has 2 aromatic carbocycles. The lowest BCUT2D eigenvalue weighted by molar-refractivity contribution is 0.308. The molecule has 3 heteroatoms. The van der Waals surface area contributed by atoms with Gasteiger partial charge in [-0.3, -0.25) is 4.90 Å². The van der Waals surface area contributed by atoms with E-state index < -0.39 is 0 Å². The van der Waals surface area contributed by atoms with E-state index in [1.54, 1.807) is 5.56 Å². The fourth-order valence-electron chi connectivity index (χ4n) is 4.68. The molecule has 2 aliphatic heterocycles. The van der Waals surface area contributed by atoms with Crippen LogP contribution in [-0.2, 0) is 6.54 Å². The Bertz CT molecular complexity index is 1030. The van der Waals surface area contributed by atoms with E-state index in [1.165, 1.54) is 52.8 Å². The predicted molar refractivity (Wildman–Crippen MR) is 111 cm³/mol. The molecule has 0 aliphatic carbocycles. The van der Waals surface area contributed by atoms with E-state index in [4.69, 9.17) is 11.6 Å². The highest BCUT2D eigenvalue weighted by Gasteiger charge is 2.35. The van der Waals surface area contributed by atoms with Crippen LogP contribution in [0.3, 0.4) is 0 Å². The zero-order valence-electron chi connectivity index (χ0n) is 15.3. The molecule has 1 fully saturated rings. The van der Waals surface area contributed by atoms with Crippen molar-refractivity contribution in [3.05, 3.63) is 69.9 Å². The molecular formula is C23H23ClN2. The van der Waals surface area contributed by atoms with Crippen LogP contribution in [0.4, 0.5) is 0 Å². The Labute approximate surface area is 159 Å². The Hall–Kier alpha value is -2.03. The average Bonchev–Trinajstić information content (AvgIpc) is 3.15. The maximum Gasteiger partial charge on any atom is 0.0529 e. The van der Waals surface area contributed by atoms with Crippen molar-refractivity contribution in [2.75, 3.05) is 13.1 Å². The van der Waals surface area contributed by atoms with Crippen molar-refractivity contribution in [1.29, 1.82) is 0 Å². The van der Waals surface area contributed by atoms with E-state index in [9.17, 15) is 0 Å². The largest absolute Gasteiger partial charge is 0.318 e. The zero-order valence-corrected chi connectivity index (χ0v) is 16.1. The molecule has 0 spiro atoms. The van der Waals surface area contributed by atoms with E-state index in [0.29, 0.717) is 5.92 Å². The van der Waals surface area contributed by atoms with Gasteiger partial charge in [0.15, 0.2) is 0 Å². The fourth-order valence-corrected chi connectivity index (χ4v) is 4.80. The van der Waals surface area contributed by atoms with Crippen LogP contribution in [-0.4, -0.2) is 22.6 Å². The van der Waals surface area contributed by atoms with Crippen LogP contribution in [0.25, 0.3) is 22.7 Å². The van der Waals surface area contributed by atoms with Gasteiger partial charge in [-0.2, -0.15) is 0 Å². The smallest absolute Gasteiger partial charge is 0.0529 e. The number of aryl methyl sites for hydroxylation is 1. The molecular weight excluding hydrogens is 340 g/mol. The molecule has 2 bridgehead atoms. The number of fused-ring (bicyclic) bond motifs is 6. The number of allylic oxidation sites excluding steroid dienone is 1. The second-order valence-electron chi connectivity index (χ2n) is 7.79. The second kappa shape index (κ2) is 6.00. The molecule has 3 aromatic rings. The third-order valence-electron chi connectivity index (χ3n) is 5.98. The van der Waals surface area contributed by atoms with Crippen LogP contribution in [0, 0.1) is 6.92 Å². The lowest BCUT2D eigenvalue weighted by Gasteiger charge is -2.24. The van der Waals surface area contributed by atoms with Crippen LogP contribution in [0.5, 0.6) is 0 Å². The first-order valence-corrected chi connectivity index (χ1v) is 9.78. The normalized spacial score (nSPS) is 22.0. The minimum absolute atomic E-state index is 0.688. The SMILES string of the molecule is CC(=Cn1c2c(c3cc(C)ccc31)C1CCN(C2)C1)c1ccc(Cl)cc1. The maximum absolute atomic E-state index is 6.06. The number of aromatic nitrogens is 1.